The Labute approximate surface area is 58.1 Å². The lowest BCUT2D eigenvalue weighted by molar-refractivity contribution is -0.118. The van der Waals surface area contributed by atoms with E-state index in [0.29, 0.717) is 0 Å². The Kier molecular flexibility index (Phi) is 4.02. The SMILES string of the molecule is COC(=O)OCCC(N)=O. The monoisotopic (exact) mass is 147 g/mol. The third kappa shape index (κ3) is 4.89. The molecular weight excluding hydrogens is 138 g/mol. The maximum absolute atomic E-state index is 10.2. The molecule has 0 radical (unpaired) electrons. The summed E-state index contributed by atoms with van der Waals surface area (Å²) in [6.07, 6.45) is -0.781. The molecule has 0 aliphatic rings. The molecule has 0 bridgehead atoms. The number of rotatable bonds is 3. The van der Waals surface area contributed by atoms with Crippen LogP contribution in [0.25, 0.3) is 0 Å². The van der Waals surface area contributed by atoms with Crippen molar-refractivity contribution in [1.82, 2.24) is 0 Å². The van der Waals surface area contributed by atoms with Gasteiger partial charge in [0, 0.05) is 0 Å². The first-order chi connectivity index (χ1) is 4.66. The maximum atomic E-state index is 10.2. The summed E-state index contributed by atoms with van der Waals surface area (Å²) in [7, 11) is 1.19. The van der Waals surface area contributed by atoms with E-state index in [0.717, 1.165) is 0 Å². The number of nitrogens with two attached hydrogens (primary N) is 1. The maximum Gasteiger partial charge on any atom is 0.507 e. The van der Waals surface area contributed by atoms with Crippen molar-refractivity contribution in [3.8, 4) is 0 Å². The minimum absolute atomic E-state index is 0.0229. The molecule has 0 saturated carbocycles. The number of carbonyl (C=O) groups is 2. The Morgan fingerprint density at radius 1 is 1.50 bits per heavy atom. The van der Waals surface area contributed by atoms with Gasteiger partial charge in [-0.3, -0.25) is 4.79 Å². The normalized spacial score (nSPS) is 8.50. The Balaban J connectivity index is 3.20. The minimum Gasteiger partial charge on any atom is -0.438 e. The highest BCUT2D eigenvalue weighted by molar-refractivity contribution is 5.74. The zero-order valence-electron chi connectivity index (χ0n) is 5.62. The van der Waals surface area contributed by atoms with Gasteiger partial charge in [0.05, 0.1) is 13.5 Å². The van der Waals surface area contributed by atoms with Crippen molar-refractivity contribution in [1.29, 1.82) is 0 Å². The van der Waals surface area contributed by atoms with Crippen LogP contribution >= 0.6 is 0 Å². The quantitative estimate of drug-likeness (QED) is 0.553. The molecule has 0 aromatic heterocycles. The van der Waals surface area contributed by atoms with Crippen molar-refractivity contribution in [3.05, 3.63) is 0 Å². The number of hydrogen-bond acceptors (Lipinski definition) is 4. The van der Waals surface area contributed by atoms with Gasteiger partial charge in [-0.25, -0.2) is 4.79 Å². The number of ether oxygens (including phenoxy) is 2. The number of hydrogen-bond donors (Lipinski definition) is 1. The van der Waals surface area contributed by atoms with Crippen molar-refractivity contribution in [2.24, 2.45) is 5.73 Å². The summed E-state index contributed by atoms with van der Waals surface area (Å²) in [4.78, 5) is 20.3. The van der Waals surface area contributed by atoms with Gasteiger partial charge in [-0.05, 0) is 0 Å². The first-order valence-electron chi connectivity index (χ1n) is 2.66. The average molecular weight is 147 g/mol. The van der Waals surface area contributed by atoms with E-state index in [-0.39, 0.29) is 13.0 Å². The molecule has 0 atom stereocenters. The van der Waals surface area contributed by atoms with Gasteiger partial charge in [0.15, 0.2) is 0 Å². The molecule has 58 valence electrons. The van der Waals surface area contributed by atoms with Gasteiger partial charge >= 0.3 is 6.16 Å². The first kappa shape index (κ1) is 8.74. The van der Waals surface area contributed by atoms with E-state index >= 15 is 0 Å². The highest BCUT2D eigenvalue weighted by atomic mass is 16.7. The van der Waals surface area contributed by atoms with Crippen LogP contribution in [0.15, 0.2) is 0 Å². The molecule has 0 heterocycles. The Morgan fingerprint density at radius 3 is 2.50 bits per heavy atom. The van der Waals surface area contributed by atoms with E-state index in [9.17, 15) is 9.59 Å². The summed E-state index contributed by atoms with van der Waals surface area (Å²) >= 11 is 0. The molecule has 2 N–H and O–H groups in total. The van der Waals surface area contributed by atoms with Crippen LogP contribution < -0.4 is 5.73 Å². The third-order valence-electron chi connectivity index (χ3n) is 0.735. The first-order valence-corrected chi connectivity index (χ1v) is 2.66. The fraction of sp³-hybridized carbons (Fsp3) is 0.600. The van der Waals surface area contributed by atoms with Gasteiger partial charge in [0.2, 0.25) is 5.91 Å². The van der Waals surface area contributed by atoms with Gasteiger partial charge in [0.25, 0.3) is 0 Å². The topological polar surface area (TPSA) is 78.6 Å². The number of primary amides is 1. The van der Waals surface area contributed by atoms with Crippen molar-refractivity contribution >= 4 is 12.1 Å². The zero-order chi connectivity index (χ0) is 7.98. The molecule has 0 aliphatic heterocycles. The highest BCUT2D eigenvalue weighted by Gasteiger charge is 2.00. The lowest BCUT2D eigenvalue weighted by Crippen LogP contribution is -2.15. The molecule has 0 rings (SSSR count). The molecule has 1 amide bonds. The van der Waals surface area contributed by atoms with Crippen LogP contribution in [0.2, 0.25) is 0 Å². The summed E-state index contributed by atoms with van der Waals surface area (Å²) in [5, 5.41) is 0. The van der Waals surface area contributed by atoms with Crippen LogP contribution in [0.3, 0.4) is 0 Å². The van der Waals surface area contributed by atoms with Crippen LogP contribution in [-0.4, -0.2) is 25.8 Å². The molecular formula is C5H9NO4. The van der Waals surface area contributed by atoms with Gasteiger partial charge < -0.3 is 15.2 Å². The molecule has 0 spiro atoms. The summed E-state index contributed by atoms with van der Waals surface area (Å²) < 4.78 is 8.46. The van der Waals surface area contributed by atoms with E-state index in [1.54, 1.807) is 0 Å². The second-order valence-electron chi connectivity index (χ2n) is 1.52. The lowest BCUT2D eigenvalue weighted by atomic mass is 10.4. The minimum atomic E-state index is -0.804. The fourth-order valence-electron chi connectivity index (χ4n) is 0.294. The van der Waals surface area contributed by atoms with Crippen LogP contribution in [-0.2, 0) is 14.3 Å². The Hall–Kier alpha value is -1.26. The van der Waals surface area contributed by atoms with Crippen LogP contribution in [0.5, 0.6) is 0 Å². The second-order valence-corrected chi connectivity index (χ2v) is 1.52. The standard InChI is InChI=1S/C5H9NO4/c1-9-5(8)10-3-2-4(6)7/h2-3H2,1H3,(H2,6,7). The van der Waals surface area contributed by atoms with Gasteiger partial charge in [-0.2, -0.15) is 0 Å². The average Bonchev–Trinajstić information content (AvgIpc) is 1.87. The predicted molar refractivity (Wildman–Crippen MR) is 32.2 cm³/mol. The van der Waals surface area contributed by atoms with E-state index in [1.807, 2.05) is 0 Å². The molecule has 0 aromatic carbocycles. The number of carbonyl (C=O) groups excluding carboxylic acids is 2. The van der Waals surface area contributed by atoms with Crippen molar-refractivity contribution < 1.29 is 19.1 Å². The van der Waals surface area contributed by atoms with E-state index < -0.39 is 12.1 Å². The summed E-state index contributed by atoms with van der Waals surface area (Å²) in [5.41, 5.74) is 4.75. The molecule has 10 heavy (non-hydrogen) atoms. The van der Waals surface area contributed by atoms with E-state index in [1.165, 1.54) is 7.11 Å². The third-order valence-corrected chi connectivity index (χ3v) is 0.735. The van der Waals surface area contributed by atoms with Crippen molar-refractivity contribution in [3.63, 3.8) is 0 Å². The van der Waals surface area contributed by atoms with Gasteiger partial charge in [-0.15, -0.1) is 0 Å². The summed E-state index contributed by atoms with van der Waals surface area (Å²) in [6, 6.07) is 0. The van der Waals surface area contributed by atoms with Crippen molar-refractivity contribution in [2.45, 2.75) is 6.42 Å². The number of amides is 1. The lowest BCUT2D eigenvalue weighted by Gasteiger charge is -1.98. The summed E-state index contributed by atoms with van der Waals surface area (Å²) in [5.74, 6) is -0.510. The Bertz CT molecular complexity index is 134. The molecule has 5 nitrogen and oxygen atoms in total. The van der Waals surface area contributed by atoms with Crippen molar-refractivity contribution in [2.75, 3.05) is 13.7 Å². The predicted octanol–water partition coefficient (Wildman–Crippen LogP) is -0.355. The Morgan fingerprint density at radius 2 is 2.10 bits per heavy atom. The number of methoxy groups -OCH3 is 1. The molecule has 0 aliphatic carbocycles. The van der Waals surface area contributed by atoms with Gasteiger partial charge in [-0.1, -0.05) is 0 Å². The van der Waals surface area contributed by atoms with Crippen LogP contribution in [0, 0.1) is 0 Å². The molecule has 0 fully saturated rings. The van der Waals surface area contributed by atoms with E-state index in [4.69, 9.17) is 5.73 Å². The smallest absolute Gasteiger partial charge is 0.438 e. The summed E-state index contributed by atoms with van der Waals surface area (Å²) in [6.45, 7) is -0.0258. The fourth-order valence-corrected chi connectivity index (χ4v) is 0.294. The molecule has 0 unspecified atom stereocenters. The van der Waals surface area contributed by atoms with Gasteiger partial charge in [0.1, 0.15) is 6.61 Å². The highest BCUT2D eigenvalue weighted by Crippen LogP contribution is 1.84. The van der Waals surface area contributed by atoms with E-state index in [2.05, 4.69) is 9.47 Å². The zero-order valence-corrected chi connectivity index (χ0v) is 5.62. The molecule has 0 aromatic rings. The second kappa shape index (κ2) is 4.60. The molecule has 0 saturated heterocycles. The van der Waals surface area contributed by atoms with Crippen LogP contribution in [0.1, 0.15) is 6.42 Å². The van der Waals surface area contributed by atoms with Crippen LogP contribution in [0.4, 0.5) is 4.79 Å². The largest absolute Gasteiger partial charge is 0.507 e. The molecule has 5 heteroatoms.